The van der Waals surface area contributed by atoms with Crippen LogP contribution in [-0.4, -0.2) is 36.3 Å². The Kier molecular flexibility index (Phi) is 4.04. The van der Waals surface area contributed by atoms with Crippen LogP contribution in [0.1, 0.15) is 5.56 Å². The Morgan fingerprint density at radius 2 is 1.79 bits per heavy atom. The van der Waals surface area contributed by atoms with Crippen LogP contribution < -0.4 is 4.74 Å². The van der Waals surface area contributed by atoms with Crippen LogP contribution in [0.4, 0.5) is 0 Å². The molecule has 1 aromatic rings. The third-order valence-electron chi connectivity index (χ3n) is 4.21. The largest absolute Gasteiger partial charge is 0.497 e. The van der Waals surface area contributed by atoms with Gasteiger partial charge in [-0.25, -0.2) is 0 Å². The summed E-state index contributed by atoms with van der Waals surface area (Å²) in [5, 5.41) is 11.1. The van der Waals surface area contributed by atoms with E-state index < -0.39 is 5.54 Å². The van der Waals surface area contributed by atoms with Crippen molar-refractivity contribution >= 4 is 29.0 Å². The molecule has 120 valence electrons. The molecule has 0 N–H and O–H groups in total. The third-order valence-corrected chi connectivity index (χ3v) is 4.89. The van der Waals surface area contributed by atoms with Gasteiger partial charge < -0.3 is 9.64 Å². The first-order valence-electron chi connectivity index (χ1n) is 7.19. The number of carbonyl (C=O) groups excluding carboxylic acids is 2. The number of rotatable bonds is 3. The molecule has 0 bridgehead atoms. The lowest BCUT2D eigenvalue weighted by atomic mass is 9.82. The summed E-state index contributed by atoms with van der Waals surface area (Å²) in [5.74, 6) is 0.332. The number of thiocyanates is 1. The number of hydrogen-bond acceptors (Lipinski definition) is 5. The molecule has 0 saturated carbocycles. The molecule has 24 heavy (non-hydrogen) atoms. The molecule has 1 aromatic carbocycles. The van der Waals surface area contributed by atoms with Crippen LogP contribution in [0.5, 0.6) is 5.75 Å². The van der Waals surface area contributed by atoms with E-state index in [0.717, 1.165) is 17.3 Å². The SMILES string of the molecule is COc1ccc(C2=C(SC#N)C(=O)N(C)C23C=CC(=O)C=C3)cc1. The average molecular weight is 338 g/mol. The molecule has 3 rings (SSSR count). The summed E-state index contributed by atoms with van der Waals surface area (Å²) in [7, 11) is 3.25. The van der Waals surface area contributed by atoms with E-state index in [9.17, 15) is 9.59 Å². The lowest BCUT2D eigenvalue weighted by Crippen LogP contribution is -2.43. The van der Waals surface area contributed by atoms with Gasteiger partial charge in [0.2, 0.25) is 0 Å². The molecular formula is C18H14N2O3S. The fourth-order valence-electron chi connectivity index (χ4n) is 2.96. The molecule has 5 nitrogen and oxygen atoms in total. The standard InChI is InChI=1S/C18H14N2O3S/c1-20-17(22)16(24-11-19)15(12-3-5-14(23-2)6-4-12)18(20)9-7-13(21)8-10-18/h3-10H,1-2H3. The number of hydrogen-bond donors (Lipinski definition) is 0. The van der Waals surface area contributed by atoms with Crippen LogP contribution in [0.2, 0.25) is 0 Å². The second kappa shape index (κ2) is 6.02. The topological polar surface area (TPSA) is 70.4 Å². The van der Waals surface area contributed by atoms with Crippen molar-refractivity contribution in [2.45, 2.75) is 5.54 Å². The van der Waals surface area contributed by atoms with E-state index in [1.807, 2.05) is 17.5 Å². The highest BCUT2D eigenvalue weighted by molar-refractivity contribution is 8.08. The number of amides is 1. The molecule has 0 aromatic heterocycles. The average Bonchev–Trinajstić information content (AvgIpc) is 2.80. The molecule has 0 unspecified atom stereocenters. The minimum atomic E-state index is -0.862. The summed E-state index contributed by atoms with van der Waals surface area (Å²) in [4.78, 5) is 26.2. The van der Waals surface area contributed by atoms with Crippen LogP contribution in [-0.2, 0) is 9.59 Å². The lowest BCUT2D eigenvalue weighted by molar-refractivity contribution is -0.125. The summed E-state index contributed by atoms with van der Waals surface area (Å²) in [6.07, 6.45) is 6.32. The summed E-state index contributed by atoms with van der Waals surface area (Å²) < 4.78 is 5.18. The summed E-state index contributed by atoms with van der Waals surface area (Å²) >= 11 is 0.842. The van der Waals surface area contributed by atoms with E-state index in [2.05, 4.69) is 0 Å². The maximum Gasteiger partial charge on any atom is 0.262 e. The third kappa shape index (κ3) is 2.34. The predicted octanol–water partition coefficient (Wildman–Crippen LogP) is 2.53. The molecule has 2 aliphatic rings. The van der Waals surface area contributed by atoms with E-state index in [1.54, 1.807) is 43.3 Å². The Bertz CT molecular complexity index is 828. The number of ether oxygens (including phenoxy) is 1. The van der Waals surface area contributed by atoms with Crippen LogP contribution in [0.3, 0.4) is 0 Å². The van der Waals surface area contributed by atoms with Gasteiger partial charge in [-0.2, -0.15) is 5.26 Å². The summed E-state index contributed by atoms with van der Waals surface area (Å²) in [6.45, 7) is 0. The molecule has 1 aliphatic heterocycles. The maximum atomic E-state index is 12.7. The molecule has 1 spiro atoms. The number of likely N-dealkylation sites (N-methyl/N-ethyl adjacent to an activating group) is 1. The van der Waals surface area contributed by atoms with Crippen LogP contribution >= 0.6 is 11.8 Å². The highest BCUT2D eigenvalue weighted by atomic mass is 32.2. The predicted molar refractivity (Wildman–Crippen MR) is 91.9 cm³/mol. The van der Waals surface area contributed by atoms with Gasteiger partial charge in [-0.3, -0.25) is 9.59 Å². The molecule has 0 saturated heterocycles. The van der Waals surface area contributed by atoms with Gasteiger partial charge in [0.15, 0.2) is 5.78 Å². The second-order valence-electron chi connectivity index (χ2n) is 5.38. The first-order chi connectivity index (χ1) is 11.5. The van der Waals surface area contributed by atoms with Crippen molar-refractivity contribution in [2.24, 2.45) is 0 Å². The molecule has 0 atom stereocenters. The Balaban J connectivity index is 2.23. The van der Waals surface area contributed by atoms with Crippen molar-refractivity contribution in [3.8, 4) is 11.2 Å². The first-order valence-corrected chi connectivity index (χ1v) is 8.01. The number of methoxy groups -OCH3 is 1. The van der Waals surface area contributed by atoms with E-state index >= 15 is 0 Å². The van der Waals surface area contributed by atoms with Gasteiger partial charge >= 0.3 is 0 Å². The first kappa shape index (κ1) is 16.1. The Hall–Kier alpha value is -2.78. The minimum absolute atomic E-state index is 0.128. The lowest BCUT2D eigenvalue weighted by Gasteiger charge is -2.34. The van der Waals surface area contributed by atoms with Crippen molar-refractivity contribution in [3.63, 3.8) is 0 Å². The molecule has 0 radical (unpaired) electrons. The summed E-state index contributed by atoms with van der Waals surface area (Å²) in [6, 6.07) is 7.29. The van der Waals surface area contributed by atoms with Crippen molar-refractivity contribution < 1.29 is 14.3 Å². The van der Waals surface area contributed by atoms with Gasteiger partial charge in [-0.05, 0) is 53.8 Å². The number of nitriles is 1. The normalized spacial score (nSPS) is 18.5. The number of carbonyl (C=O) groups is 2. The number of nitrogens with zero attached hydrogens (tertiary/aromatic N) is 2. The molecule has 1 amide bonds. The van der Waals surface area contributed by atoms with Gasteiger partial charge in [0.05, 0.1) is 12.0 Å². The molecule has 0 fully saturated rings. The highest BCUT2D eigenvalue weighted by Crippen LogP contribution is 2.47. The van der Waals surface area contributed by atoms with Crippen molar-refractivity contribution in [1.82, 2.24) is 4.90 Å². The number of thioether (sulfide) groups is 1. The quantitative estimate of drug-likeness (QED) is 0.792. The van der Waals surface area contributed by atoms with Crippen molar-refractivity contribution in [3.05, 3.63) is 59.0 Å². The maximum absolute atomic E-state index is 12.7. The van der Waals surface area contributed by atoms with Crippen LogP contribution in [0, 0.1) is 10.7 Å². The number of allylic oxidation sites excluding steroid dienone is 2. The minimum Gasteiger partial charge on any atom is -0.497 e. The zero-order valence-corrected chi connectivity index (χ0v) is 14.0. The van der Waals surface area contributed by atoms with Crippen LogP contribution in [0.25, 0.3) is 5.57 Å². The van der Waals surface area contributed by atoms with Crippen LogP contribution in [0.15, 0.2) is 53.5 Å². The zero-order chi connectivity index (χ0) is 17.3. The zero-order valence-electron chi connectivity index (χ0n) is 13.1. The molecule has 1 aliphatic carbocycles. The van der Waals surface area contributed by atoms with Gasteiger partial charge in [0.1, 0.15) is 16.7 Å². The highest BCUT2D eigenvalue weighted by Gasteiger charge is 2.48. The molecular weight excluding hydrogens is 324 g/mol. The van der Waals surface area contributed by atoms with Gasteiger partial charge in [-0.15, -0.1) is 0 Å². The number of ketones is 1. The van der Waals surface area contributed by atoms with E-state index in [0.29, 0.717) is 16.2 Å². The fraction of sp³-hybridized carbons (Fsp3) is 0.167. The van der Waals surface area contributed by atoms with Crippen molar-refractivity contribution in [1.29, 1.82) is 5.26 Å². The Morgan fingerprint density at radius 1 is 1.17 bits per heavy atom. The summed E-state index contributed by atoms with van der Waals surface area (Å²) in [5.41, 5.74) is 0.637. The Morgan fingerprint density at radius 3 is 2.33 bits per heavy atom. The van der Waals surface area contributed by atoms with E-state index in [4.69, 9.17) is 10.00 Å². The van der Waals surface area contributed by atoms with E-state index in [1.165, 1.54) is 12.2 Å². The number of benzene rings is 1. The Labute approximate surface area is 143 Å². The molecule has 1 heterocycles. The second-order valence-corrected chi connectivity index (χ2v) is 6.18. The van der Waals surface area contributed by atoms with Crippen molar-refractivity contribution in [2.75, 3.05) is 14.2 Å². The molecule has 6 heteroatoms. The van der Waals surface area contributed by atoms with Gasteiger partial charge in [0, 0.05) is 12.6 Å². The van der Waals surface area contributed by atoms with E-state index in [-0.39, 0.29) is 11.7 Å². The van der Waals surface area contributed by atoms with Gasteiger partial charge in [-0.1, -0.05) is 12.1 Å². The smallest absolute Gasteiger partial charge is 0.262 e. The fourth-order valence-corrected chi connectivity index (χ4v) is 3.66. The monoisotopic (exact) mass is 338 g/mol. The van der Waals surface area contributed by atoms with Gasteiger partial charge in [0.25, 0.3) is 5.91 Å².